The molecule has 34 heavy (non-hydrogen) atoms. The Labute approximate surface area is 205 Å². The molecule has 0 bridgehead atoms. The van der Waals surface area contributed by atoms with Gasteiger partial charge in [-0.1, -0.05) is 31.5 Å². The second kappa shape index (κ2) is 9.01. The zero-order valence-electron chi connectivity index (χ0n) is 19.8. The van der Waals surface area contributed by atoms with Gasteiger partial charge in [-0.3, -0.25) is 14.8 Å². The summed E-state index contributed by atoms with van der Waals surface area (Å²) in [7, 11) is 0. The smallest absolute Gasteiger partial charge is 0.254 e. The number of amides is 1. The first-order valence-electron chi connectivity index (χ1n) is 11.9. The molecule has 1 saturated heterocycles. The molecule has 0 radical (unpaired) electrons. The Kier molecular flexibility index (Phi) is 6.04. The first-order chi connectivity index (χ1) is 16.5. The van der Waals surface area contributed by atoms with Gasteiger partial charge in [0.05, 0.1) is 22.6 Å². The fourth-order valence-corrected chi connectivity index (χ4v) is 5.19. The van der Waals surface area contributed by atoms with Crippen LogP contribution in [0.2, 0.25) is 5.02 Å². The lowest BCUT2D eigenvalue weighted by atomic mass is 9.61. The van der Waals surface area contributed by atoms with E-state index in [1.807, 2.05) is 39.0 Å². The zero-order chi connectivity index (χ0) is 23.9. The van der Waals surface area contributed by atoms with E-state index in [9.17, 15) is 4.79 Å². The molecular weight excluding hydrogens is 448 g/mol. The molecule has 6 rings (SSSR count). The van der Waals surface area contributed by atoms with Crippen LogP contribution in [0.4, 0.5) is 0 Å². The van der Waals surface area contributed by atoms with Crippen molar-refractivity contribution >= 4 is 17.5 Å². The van der Waals surface area contributed by atoms with E-state index < -0.39 is 0 Å². The number of halogens is 1. The summed E-state index contributed by atoms with van der Waals surface area (Å²) in [4.78, 5) is 23.8. The molecule has 3 aliphatic rings. The van der Waals surface area contributed by atoms with Gasteiger partial charge in [0.25, 0.3) is 5.91 Å². The molecule has 4 heterocycles. The van der Waals surface area contributed by atoms with E-state index in [-0.39, 0.29) is 5.91 Å². The molecule has 7 heteroatoms. The molecule has 2 fully saturated rings. The summed E-state index contributed by atoms with van der Waals surface area (Å²) in [6.07, 6.45) is 5.61. The third kappa shape index (κ3) is 4.05. The molecule has 1 N–H and O–H groups in total. The molecular formula is C27H29ClN4O2. The molecule has 2 aliphatic heterocycles. The number of ether oxygens (including phenoxy) is 1. The maximum Gasteiger partial charge on any atom is 0.254 e. The molecule has 1 amide bonds. The van der Waals surface area contributed by atoms with E-state index in [0.29, 0.717) is 34.5 Å². The second-order valence-electron chi connectivity index (χ2n) is 9.19. The number of carbonyl (C=O) groups excluding carboxylic acids is 1. The van der Waals surface area contributed by atoms with Gasteiger partial charge in [-0.25, -0.2) is 0 Å². The van der Waals surface area contributed by atoms with E-state index in [1.54, 1.807) is 24.5 Å². The number of fused-ring (bicyclic) bond motifs is 1. The molecule has 6 nitrogen and oxygen atoms in total. The van der Waals surface area contributed by atoms with Crippen molar-refractivity contribution in [1.29, 1.82) is 0 Å². The molecule has 2 aromatic heterocycles. The highest BCUT2D eigenvalue weighted by Gasteiger charge is 2.52. The maximum atomic E-state index is 13.0. The van der Waals surface area contributed by atoms with Crippen molar-refractivity contribution in [2.45, 2.75) is 46.2 Å². The number of aryl methyl sites for hydroxylation is 1. The normalized spacial score (nSPS) is 18.0. The van der Waals surface area contributed by atoms with Gasteiger partial charge in [0.2, 0.25) is 0 Å². The van der Waals surface area contributed by atoms with Crippen molar-refractivity contribution in [1.82, 2.24) is 20.2 Å². The average molecular weight is 477 g/mol. The number of aromatic nitrogens is 2. The summed E-state index contributed by atoms with van der Waals surface area (Å²) in [5.41, 5.74) is 4.87. The number of nitrogens with zero attached hydrogens (tertiary/aromatic N) is 3. The maximum absolute atomic E-state index is 13.0. The standard InChI is InChI=1S/C25H23ClN4O2.C2H6/c1-15-22(26)7-20(11-29-15)32-19-4-5-28-23(8-19)16-2-3-21-17(6-16)12-30(24(21)31)18-9-25(10-18)13-27-14-25;1-2/h2-8,11,18,27H,9-10,12-14H2,1H3;1-2H3. The zero-order valence-corrected chi connectivity index (χ0v) is 20.5. The Morgan fingerprint density at radius 3 is 2.59 bits per heavy atom. The minimum atomic E-state index is 0.160. The minimum Gasteiger partial charge on any atom is -0.456 e. The first-order valence-corrected chi connectivity index (χ1v) is 12.3. The van der Waals surface area contributed by atoms with Crippen LogP contribution in [0.5, 0.6) is 11.5 Å². The Hall–Kier alpha value is -2.96. The number of hydrogen-bond donors (Lipinski definition) is 1. The largest absolute Gasteiger partial charge is 0.456 e. The minimum absolute atomic E-state index is 0.160. The number of carbonyl (C=O) groups is 1. The van der Waals surface area contributed by atoms with E-state index >= 15 is 0 Å². The molecule has 1 aromatic carbocycles. The van der Waals surface area contributed by atoms with Crippen LogP contribution in [0.15, 0.2) is 48.8 Å². The molecule has 1 saturated carbocycles. The molecule has 176 valence electrons. The highest BCUT2D eigenvalue weighted by molar-refractivity contribution is 6.31. The van der Waals surface area contributed by atoms with Gasteiger partial charge < -0.3 is 15.0 Å². The van der Waals surface area contributed by atoms with Crippen LogP contribution < -0.4 is 10.1 Å². The monoisotopic (exact) mass is 476 g/mol. The van der Waals surface area contributed by atoms with Crippen LogP contribution >= 0.6 is 11.6 Å². The Morgan fingerprint density at radius 2 is 1.88 bits per heavy atom. The van der Waals surface area contributed by atoms with Crippen LogP contribution in [0.1, 0.15) is 48.3 Å². The Bertz CT molecular complexity index is 1230. The summed E-state index contributed by atoms with van der Waals surface area (Å²) in [6, 6.07) is 11.8. The molecule has 3 aromatic rings. The van der Waals surface area contributed by atoms with Gasteiger partial charge in [0.15, 0.2) is 0 Å². The summed E-state index contributed by atoms with van der Waals surface area (Å²) < 4.78 is 5.94. The van der Waals surface area contributed by atoms with Gasteiger partial charge in [0.1, 0.15) is 11.5 Å². The predicted octanol–water partition coefficient (Wildman–Crippen LogP) is 5.63. The Morgan fingerprint density at radius 1 is 1.09 bits per heavy atom. The lowest BCUT2D eigenvalue weighted by molar-refractivity contribution is -0.0268. The lowest BCUT2D eigenvalue weighted by Crippen LogP contribution is -2.65. The fraction of sp³-hybridized carbons (Fsp3) is 0.370. The third-order valence-electron chi connectivity index (χ3n) is 6.98. The van der Waals surface area contributed by atoms with E-state index in [0.717, 1.165) is 54.0 Å². The number of hydrogen-bond acceptors (Lipinski definition) is 5. The highest BCUT2D eigenvalue weighted by Crippen LogP contribution is 2.48. The quantitative estimate of drug-likeness (QED) is 0.528. The summed E-state index contributed by atoms with van der Waals surface area (Å²) in [5.74, 6) is 1.39. The topological polar surface area (TPSA) is 67.4 Å². The van der Waals surface area contributed by atoms with Crippen LogP contribution in [0.25, 0.3) is 11.3 Å². The van der Waals surface area contributed by atoms with Gasteiger partial charge in [-0.05, 0) is 48.9 Å². The van der Waals surface area contributed by atoms with Crippen LogP contribution in [-0.4, -0.2) is 39.9 Å². The van der Waals surface area contributed by atoms with Crippen molar-refractivity contribution in [2.24, 2.45) is 5.41 Å². The van der Waals surface area contributed by atoms with Crippen molar-refractivity contribution in [3.05, 3.63) is 70.6 Å². The van der Waals surface area contributed by atoms with Crippen LogP contribution in [0, 0.1) is 12.3 Å². The summed E-state index contributed by atoms with van der Waals surface area (Å²) in [6.45, 7) is 8.72. The van der Waals surface area contributed by atoms with E-state index in [1.165, 1.54) is 0 Å². The third-order valence-corrected chi connectivity index (χ3v) is 7.36. The van der Waals surface area contributed by atoms with Crippen molar-refractivity contribution in [3.63, 3.8) is 0 Å². The Balaban J connectivity index is 0.00000117. The summed E-state index contributed by atoms with van der Waals surface area (Å²) >= 11 is 6.16. The second-order valence-corrected chi connectivity index (χ2v) is 9.59. The van der Waals surface area contributed by atoms with E-state index in [2.05, 4.69) is 26.3 Å². The lowest BCUT2D eigenvalue weighted by Gasteiger charge is -2.56. The average Bonchev–Trinajstić information content (AvgIpc) is 3.12. The molecule has 0 atom stereocenters. The van der Waals surface area contributed by atoms with Crippen LogP contribution in [-0.2, 0) is 6.54 Å². The van der Waals surface area contributed by atoms with Crippen molar-refractivity contribution < 1.29 is 9.53 Å². The van der Waals surface area contributed by atoms with Gasteiger partial charge in [-0.2, -0.15) is 0 Å². The molecule has 1 aliphatic carbocycles. The molecule has 0 unspecified atom stereocenters. The number of benzene rings is 1. The van der Waals surface area contributed by atoms with Gasteiger partial charge in [0, 0.05) is 55.1 Å². The van der Waals surface area contributed by atoms with Crippen LogP contribution in [0.3, 0.4) is 0 Å². The number of rotatable bonds is 4. The molecule has 1 spiro atoms. The predicted molar refractivity (Wildman–Crippen MR) is 133 cm³/mol. The van der Waals surface area contributed by atoms with Gasteiger partial charge in [-0.15, -0.1) is 0 Å². The van der Waals surface area contributed by atoms with Crippen molar-refractivity contribution in [2.75, 3.05) is 13.1 Å². The van der Waals surface area contributed by atoms with E-state index in [4.69, 9.17) is 16.3 Å². The first kappa shape index (κ1) is 22.8. The highest BCUT2D eigenvalue weighted by atomic mass is 35.5. The number of pyridine rings is 2. The van der Waals surface area contributed by atoms with Gasteiger partial charge >= 0.3 is 0 Å². The summed E-state index contributed by atoms with van der Waals surface area (Å²) in [5, 5.41) is 3.93. The fourth-order valence-electron chi connectivity index (χ4n) is 5.04. The SMILES string of the molecule is CC.Cc1ncc(Oc2ccnc(-c3ccc4c(c3)CN(C3CC5(CNC5)C3)C4=O)c2)cc1Cl. The van der Waals surface area contributed by atoms with Crippen molar-refractivity contribution in [3.8, 4) is 22.8 Å². The number of nitrogens with one attached hydrogen (secondary N) is 1.